The van der Waals surface area contributed by atoms with Gasteiger partial charge in [0.25, 0.3) is 5.91 Å². The summed E-state index contributed by atoms with van der Waals surface area (Å²) >= 11 is 0. The van der Waals surface area contributed by atoms with Crippen LogP contribution < -0.4 is 15.5 Å². The number of rotatable bonds is 12. The summed E-state index contributed by atoms with van der Waals surface area (Å²) in [5.74, 6) is -0.958. The maximum Gasteiger partial charge on any atom is 0.408 e. The standard InChI is InChI=1S/C24H25N5O6/c30-22(31)10-11-34-20-8-6-17(7-9-20)13-27-29-23(32)21(12-19-14-25-16-26-19)28-24(33)35-15-18-4-2-1-3-5-18/h1-9,13-14,16,21H,10-12,15H2,(H,25,26)(H,28,33)(H,29,32)(H,30,31)/b27-13-/t21-/m0/s1. The number of hydrogen-bond donors (Lipinski definition) is 4. The van der Waals surface area contributed by atoms with Gasteiger partial charge in [-0.3, -0.25) is 9.59 Å². The Morgan fingerprint density at radius 3 is 2.57 bits per heavy atom. The van der Waals surface area contributed by atoms with Crippen molar-refractivity contribution in [3.05, 3.63) is 83.9 Å². The fourth-order valence-corrected chi connectivity index (χ4v) is 2.89. The van der Waals surface area contributed by atoms with Crippen LogP contribution >= 0.6 is 0 Å². The molecule has 0 aliphatic rings. The van der Waals surface area contributed by atoms with Crippen LogP contribution in [-0.2, 0) is 27.4 Å². The van der Waals surface area contributed by atoms with Crippen molar-refractivity contribution in [1.82, 2.24) is 20.7 Å². The SMILES string of the molecule is O=C(O)CCOc1ccc(/C=N\NC(=O)[C@H](Cc2cnc[nH]2)NC(=O)OCc2ccccc2)cc1. The van der Waals surface area contributed by atoms with E-state index in [4.69, 9.17) is 14.6 Å². The molecule has 11 heteroatoms. The number of carbonyl (C=O) groups is 3. The lowest BCUT2D eigenvalue weighted by molar-refractivity contribution is -0.137. The van der Waals surface area contributed by atoms with Crippen LogP contribution in [-0.4, -0.2) is 51.9 Å². The average Bonchev–Trinajstić information content (AvgIpc) is 3.37. The van der Waals surface area contributed by atoms with Crippen LogP contribution in [0.25, 0.3) is 0 Å². The predicted molar refractivity (Wildman–Crippen MR) is 126 cm³/mol. The van der Waals surface area contributed by atoms with Gasteiger partial charge in [0, 0.05) is 18.3 Å². The number of carbonyl (C=O) groups excluding carboxylic acids is 2. The van der Waals surface area contributed by atoms with Crippen molar-refractivity contribution in [2.24, 2.45) is 5.10 Å². The van der Waals surface area contributed by atoms with Crippen molar-refractivity contribution >= 4 is 24.2 Å². The number of H-pyrrole nitrogens is 1. The fourth-order valence-electron chi connectivity index (χ4n) is 2.89. The van der Waals surface area contributed by atoms with Gasteiger partial charge < -0.3 is 24.9 Å². The molecular formula is C24H25N5O6. The summed E-state index contributed by atoms with van der Waals surface area (Å²) in [6.07, 6.45) is 3.79. The van der Waals surface area contributed by atoms with Crippen molar-refractivity contribution in [2.75, 3.05) is 6.61 Å². The lowest BCUT2D eigenvalue weighted by Crippen LogP contribution is -2.47. The van der Waals surface area contributed by atoms with E-state index in [9.17, 15) is 14.4 Å². The predicted octanol–water partition coefficient (Wildman–Crippen LogP) is 2.25. The molecule has 1 heterocycles. The van der Waals surface area contributed by atoms with E-state index in [-0.39, 0.29) is 26.1 Å². The summed E-state index contributed by atoms with van der Waals surface area (Å²) in [6, 6.07) is 15.0. The van der Waals surface area contributed by atoms with E-state index in [0.29, 0.717) is 17.0 Å². The fraction of sp³-hybridized carbons (Fsp3) is 0.208. The Hall–Kier alpha value is -4.67. The molecular weight excluding hydrogens is 454 g/mol. The van der Waals surface area contributed by atoms with E-state index in [2.05, 4.69) is 25.8 Å². The van der Waals surface area contributed by atoms with Crippen LogP contribution in [0.4, 0.5) is 4.79 Å². The second kappa shape index (κ2) is 13.1. The lowest BCUT2D eigenvalue weighted by Gasteiger charge is -2.16. The van der Waals surface area contributed by atoms with Gasteiger partial charge in [-0.2, -0.15) is 5.10 Å². The Bertz CT molecular complexity index is 1120. The minimum Gasteiger partial charge on any atom is -0.493 e. The number of imidazole rings is 1. The third kappa shape index (κ3) is 9.00. The first kappa shape index (κ1) is 25.0. The molecule has 0 saturated heterocycles. The van der Waals surface area contributed by atoms with Crippen LogP contribution in [0, 0.1) is 0 Å². The van der Waals surface area contributed by atoms with E-state index in [1.165, 1.54) is 12.5 Å². The second-order valence-corrected chi connectivity index (χ2v) is 7.34. The average molecular weight is 479 g/mol. The van der Waals surface area contributed by atoms with Crippen LogP contribution in [0.1, 0.15) is 23.2 Å². The maximum absolute atomic E-state index is 12.7. The Labute approximate surface area is 201 Å². The van der Waals surface area contributed by atoms with E-state index in [1.807, 2.05) is 30.3 Å². The van der Waals surface area contributed by atoms with Gasteiger partial charge in [-0.1, -0.05) is 30.3 Å². The van der Waals surface area contributed by atoms with Crippen LogP contribution in [0.2, 0.25) is 0 Å². The highest BCUT2D eigenvalue weighted by Crippen LogP contribution is 2.11. The van der Waals surface area contributed by atoms with Gasteiger partial charge in [0.15, 0.2) is 0 Å². The summed E-state index contributed by atoms with van der Waals surface area (Å²) in [5, 5.41) is 15.1. The summed E-state index contributed by atoms with van der Waals surface area (Å²) in [4.78, 5) is 42.3. The number of benzene rings is 2. The second-order valence-electron chi connectivity index (χ2n) is 7.34. The number of hydrogen-bond acceptors (Lipinski definition) is 7. The third-order valence-corrected chi connectivity index (χ3v) is 4.65. The summed E-state index contributed by atoms with van der Waals surface area (Å²) in [5.41, 5.74) is 4.56. The molecule has 0 bridgehead atoms. The Balaban J connectivity index is 1.53. The molecule has 182 valence electrons. The van der Waals surface area contributed by atoms with Gasteiger partial charge in [-0.15, -0.1) is 0 Å². The van der Waals surface area contributed by atoms with Crippen LogP contribution in [0.15, 0.2) is 72.2 Å². The minimum atomic E-state index is -0.958. The van der Waals surface area contributed by atoms with Crippen molar-refractivity contribution in [1.29, 1.82) is 0 Å². The van der Waals surface area contributed by atoms with Crippen molar-refractivity contribution in [2.45, 2.75) is 25.5 Å². The number of aromatic amines is 1. The molecule has 4 N–H and O–H groups in total. The topological polar surface area (TPSA) is 155 Å². The summed E-state index contributed by atoms with van der Waals surface area (Å²) in [7, 11) is 0. The van der Waals surface area contributed by atoms with Gasteiger partial charge in [0.05, 0.1) is 25.6 Å². The largest absolute Gasteiger partial charge is 0.493 e. The van der Waals surface area contributed by atoms with E-state index in [1.54, 1.807) is 30.5 Å². The number of nitrogens with zero attached hydrogens (tertiary/aromatic N) is 2. The summed E-state index contributed by atoms with van der Waals surface area (Å²) < 4.78 is 10.5. The van der Waals surface area contributed by atoms with Crippen LogP contribution in [0.5, 0.6) is 5.75 Å². The Morgan fingerprint density at radius 2 is 1.89 bits per heavy atom. The molecule has 0 aliphatic heterocycles. The number of amides is 2. The Kier molecular flexibility index (Phi) is 9.37. The number of hydrazone groups is 1. The molecule has 0 unspecified atom stereocenters. The quantitative estimate of drug-likeness (QED) is 0.229. The number of aliphatic carboxylic acids is 1. The molecule has 0 fully saturated rings. The monoisotopic (exact) mass is 479 g/mol. The molecule has 3 rings (SSSR count). The minimum absolute atomic E-state index is 0.0668. The van der Waals surface area contributed by atoms with Crippen LogP contribution in [0.3, 0.4) is 0 Å². The van der Waals surface area contributed by atoms with Gasteiger partial charge in [-0.05, 0) is 35.4 Å². The zero-order chi connectivity index (χ0) is 24.9. The Morgan fingerprint density at radius 1 is 1.11 bits per heavy atom. The van der Waals surface area contributed by atoms with Crippen molar-refractivity contribution in [3.63, 3.8) is 0 Å². The van der Waals surface area contributed by atoms with E-state index >= 15 is 0 Å². The first-order chi connectivity index (χ1) is 17.0. The number of ether oxygens (including phenoxy) is 2. The van der Waals surface area contributed by atoms with Crippen molar-refractivity contribution in [3.8, 4) is 5.75 Å². The first-order valence-corrected chi connectivity index (χ1v) is 10.7. The van der Waals surface area contributed by atoms with E-state index in [0.717, 1.165) is 5.56 Å². The van der Waals surface area contributed by atoms with Gasteiger partial charge in [0.2, 0.25) is 0 Å². The van der Waals surface area contributed by atoms with E-state index < -0.39 is 24.0 Å². The molecule has 0 saturated carbocycles. The van der Waals surface area contributed by atoms with Gasteiger partial charge >= 0.3 is 12.1 Å². The number of carboxylic acids is 1. The smallest absolute Gasteiger partial charge is 0.408 e. The van der Waals surface area contributed by atoms with Gasteiger partial charge in [0.1, 0.15) is 18.4 Å². The molecule has 11 nitrogen and oxygen atoms in total. The highest BCUT2D eigenvalue weighted by atomic mass is 16.5. The number of alkyl carbamates (subject to hydrolysis) is 1. The maximum atomic E-state index is 12.7. The zero-order valence-corrected chi connectivity index (χ0v) is 18.7. The summed E-state index contributed by atoms with van der Waals surface area (Å²) in [6.45, 7) is 0.135. The molecule has 1 aromatic heterocycles. The lowest BCUT2D eigenvalue weighted by atomic mass is 10.1. The highest BCUT2D eigenvalue weighted by molar-refractivity contribution is 5.87. The number of aromatic nitrogens is 2. The first-order valence-electron chi connectivity index (χ1n) is 10.7. The number of carboxylic acid groups (broad SMARTS) is 1. The molecule has 1 atom stereocenters. The molecule has 0 aliphatic carbocycles. The number of nitrogens with one attached hydrogen (secondary N) is 3. The normalized spacial score (nSPS) is 11.5. The highest BCUT2D eigenvalue weighted by Gasteiger charge is 2.22. The molecule has 0 spiro atoms. The molecule has 3 aromatic rings. The molecule has 0 radical (unpaired) electrons. The van der Waals surface area contributed by atoms with Crippen molar-refractivity contribution < 1.29 is 29.0 Å². The van der Waals surface area contributed by atoms with Gasteiger partial charge in [-0.25, -0.2) is 15.2 Å². The zero-order valence-electron chi connectivity index (χ0n) is 18.7. The molecule has 2 amide bonds. The molecule has 2 aromatic carbocycles. The third-order valence-electron chi connectivity index (χ3n) is 4.65. The molecule has 35 heavy (non-hydrogen) atoms.